The Bertz CT molecular complexity index is 623. The number of hydrogen-bond donors (Lipinski definition) is 0. The third-order valence-corrected chi connectivity index (χ3v) is 4.46. The van der Waals surface area contributed by atoms with Gasteiger partial charge in [0.25, 0.3) is 0 Å². The van der Waals surface area contributed by atoms with Gasteiger partial charge in [-0.1, -0.05) is 13.0 Å². The van der Waals surface area contributed by atoms with Crippen molar-refractivity contribution in [3.63, 3.8) is 0 Å². The number of aromatic nitrogens is 1. The Labute approximate surface area is 139 Å². The molecule has 1 aliphatic rings. The molecule has 23 heavy (non-hydrogen) atoms. The van der Waals surface area contributed by atoms with E-state index in [0.29, 0.717) is 0 Å². The summed E-state index contributed by atoms with van der Waals surface area (Å²) in [5, 5.41) is 0. The maximum absolute atomic E-state index is 5.85. The van der Waals surface area contributed by atoms with Crippen molar-refractivity contribution < 1.29 is 4.42 Å². The van der Waals surface area contributed by atoms with E-state index in [1.165, 1.54) is 12.1 Å². The van der Waals surface area contributed by atoms with Gasteiger partial charge < -0.3 is 4.42 Å². The van der Waals surface area contributed by atoms with Crippen LogP contribution in [0.2, 0.25) is 0 Å². The highest BCUT2D eigenvalue weighted by Gasteiger charge is 2.16. The average molecular weight is 313 g/mol. The van der Waals surface area contributed by atoms with Crippen LogP contribution in [0.3, 0.4) is 0 Å². The van der Waals surface area contributed by atoms with E-state index < -0.39 is 0 Å². The second kappa shape index (κ2) is 7.75. The molecule has 0 aromatic carbocycles. The van der Waals surface area contributed by atoms with E-state index in [4.69, 9.17) is 4.42 Å². The largest absolute Gasteiger partial charge is 0.465 e. The van der Waals surface area contributed by atoms with Crippen molar-refractivity contribution in [3.8, 4) is 0 Å². The van der Waals surface area contributed by atoms with Gasteiger partial charge in [0.2, 0.25) is 0 Å². The summed E-state index contributed by atoms with van der Waals surface area (Å²) in [6.45, 7) is 10.5. The molecule has 3 rings (SSSR count). The molecule has 0 saturated carbocycles. The maximum atomic E-state index is 5.85. The van der Waals surface area contributed by atoms with Crippen LogP contribution in [0.5, 0.6) is 0 Å². The fraction of sp³-hybridized carbons (Fsp3) is 0.526. The van der Waals surface area contributed by atoms with Crippen LogP contribution < -0.4 is 0 Å². The lowest BCUT2D eigenvalue weighted by molar-refractivity contribution is 0.232. The highest BCUT2D eigenvalue weighted by Crippen LogP contribution is 2.14. The summed E-state index contributed by atoms with van der Waals surface area (Å²) in [7, 11) is 0. The molecular formula is C19H27N3O. The van der Waals surface area contributed by atoms with E-state index in [1.807, 2.05) is 0 Å². The normalized spacial score (nSPS) is 17.3. The van der Waals surface area contributed by atoms with E-state index in [9.17, 15) is 0 Å². The van der Waals surface area contributed by atoms with Crippen molar-refractivity contribution in [2.24, 2.45) is 0 Å². The molecule has 0 radical (unpaired) electrons. The summed E-state index contributed by atoms with van der Waals surface area (Å²) in [5.41, 5.74) is 2.28. The minimum absolute atomic E-state index is 0.927. The molecule has 0 amide bonds. The summed E-state index contributed by atoms with van der Waals surface area (Å²) in [6.07, 6.45) is 2.17. The molecule has 0 bridgehead atoms. The van der Waals surface area contributed by atoms with Crippen LogP contribution >= 0.6 is 0 Å². The smallest absolute Gasteiger partial charge is 0.118 e. The Kier molecular flexibility index (Phi) is 5.47. The Morgan fingerprint density at radius 1 is 0.957 bits per heavy atom. The molecule has 4 nitrogen and oxygen atoms in total. The van der Waals surface area contributed by atoms with Gasteiger partial charge in [-0.3, -0.25) is 14.8 Å². The second-order valence-corrected chi connectivity index (χ2v) is 6.40. The van der Waals surface area contributed by atoms with Crippen molar-refractivity contribution in [1.82, 2.24) is 14.8 Å². The minimum atomic E-state index is 0.927. The van der Waals surface area contributed by atoms with Crippen molar-refractivity contribution in [2.45, 2.75) is 39.8 Å². The highest BCUT2D eigenvalue weighted by atomic mass is 16.3. The van der Waals surface area contributed by atoms with E-state index >= 15 is 0 Å². The summed E-state index contributed by atoms with van der Waals surface area (Å²) in [5.74, 6) is 2.18. The van der Waals surface area contributed by atoms with Gasteiger partial charge in [0, 0.05) is 31.7 Å². The molecule has 2 aromatic heterocycles. The van der Waals surface area contributed by atoms with Crippen molar-refractivity contribution >= 4 is 0 Å². The van der Waals surface area contributed by atoms with Crippen LogP contribution in [0.25, 0.3) is 0 Å². The molecular weight excluding hydrogens is 286 g/mol. The summed E-state index contributed by atoms with van der Waals surface area (Å²) in [6, 6.07) is 10.5. The van der Waals surface area contributed by atoms with E-state index in [0.717, 1.165) is 62.9 Å². The fourth-order valence-corrected chi connectivity index (χ4v) is 3.17. The lowest BCUT2D eigenvalue weighted by Crippen LogP contribution is -2.30. The van der Waals surface area contributed by atoms with E-state index in [2.05, 4.69) is 59.0 Å². The van der Waals surface area contributed by atoms with Crippen LogP contribution in [0.4, 0.5) is 0 Å². The van der Waals surface area contributed by atoms with Gasteiger partial charge >= 0.3 is 0 Å². The van der Waals surface area contributed by atoms with Crippen LogP contribution in [0.1, 0.15) is 36.3 Å². The molecule has 1 fully saturated rings. The molecule has 0 unspecified atom stereocenters. The number of rotatable bonds is 5. The molecule has 1 saturated heterocycles. The monoisotopic (exact) mass is 313 g/mol. The van der Waals surface area contributed by atoms with Crippen molar-refractivity contribution in [3.05, 3.63) is 53.2 Å². The molecule has 0 aliphatic carbocycles. The first-order valence-electron chi connectivity index (χ1n) is 8.68. The molecule has 1 aliphatic heterocycles. The third kappa shape index (κ3) is 4.66. The minimum Gasteiger partial charge on any atom is -0.465 e. The molecule has 2 aromatic rings. The van der Waals surface area contributed by atoms with Gasteiger partial charge in [0.1, 0.15) is 11.5 Å². The lowest BCUT2D eigenvalue weighted by Gasteiger charge is -2.21. The predicted molar refractivity (Wildman–Crippen MR) is 92.2 cm³/mol. The third-order valence-electron chi connectivity index (χ3n) is 4.46. The molecule has 0 atom stereocenters. The zero-order valence-electron chi connectivity index (χ0n) is 14.3. The maximum Gasteiger partial charge on any atom is 0.118 e. The van der Waals surface area contributed by atoms with Gasteiger partial charge in [0.15, 0.2) is 0 Å². The average Bonchev–Trinajstić information content (AvgIpc) is 2.88. The van der Waals surface area contributed by atoms with Crippen LogP contribution in [-0.2, 0) is 19.5 Å². The molecule has 4 heteroatoms. The first-order chi connectivity index (χ1) is 11.2. The quantitative estimate of drug-likeness (QED) is 0.848. The second-order valence-electron chi connectivity index (χ2n) is 6.40. The molecule has 0 N–H and O–H groups in total. The number of pyridine rings is 1. The zero-order chi connectivity index (χ0) is 16.1. The van der Waals surface area contributed by atoms with Gasteiger partial charge in [0.05, 0.1) is 12.2 Å². The SMILES string of the molecule is CCc1ccc(CN2CCCN(Cc3cccc(C)n3)CC2)o1. The zero-order valence-corrected chi connectivity index (χ0v) is 14.3. The van der Waals surface area contributed by atoms with E-state index in [-0.39, 0.29) is 0 Å². The fourth-order valence-electron chi connectivity index (χ4n) is 3.17. The predicted octanol–water partition coefficient (Wildman–Crippen LogP) is 3.25. The van der Waals surface area contributed by atoms with Gasteiger partial charge in [-0.15, -0.1) is 0 Å². The Hall–Kier alpha value is -1.65. The first kappa shape index (κ1) is 16.2. The lowest BCUT2D eigenvalue weighted by atomic mass is 10.3. The van der Waals surface area contributed by atoms with Gasteiger partial charge in [-0.05, 0) is 50.7 Å². The first-order valence-corrected chi connectivity index (χ1v) is 8.68. The number of aryl methyl sites for hydroxylation is 2. The van der Waals surface area contributed by atoms with Gasteiger partial charge in [-0.2, -0.15) is 0 Å². The number of furan rings is 1. The summed E-state index contributed by atoms with van der Waals surface area (Å²) >= 11 is 0. The van der Waals surface area contributed by atoms with Crippen LogP contribution in [-0.4, -0.2) is 41.0 Å². The van der Waals surface area contributed by atoms with Gasteiger partial charge in [-0.25, -0.2) is 0 Å². The molecule has 124 valence electrons. The Morgan fingerprint density at radius 3 is 2.39 bits per heavy atom. The topological polar surface area (TPSA) is 32.5 Å². The van der Waals surface area contributed by atoms with E-state index in [1.54, 1.807) is 0 Å². The Morgan fingerprint density at radius 2 is 1.70 bits per heavy atom. The summed E-state index contributed by atoms with van der Waals surface area (Å²) < 4.78 is 5.85. The number of hydrogen-bond acceptors (Lipinski definition) is 4. The number of nitrogens with zero attached hydrogens (tertiary/aromatic N) is 3. The molecule has 0 spiro atoms. The van der Waals surface area contributed by atoms with Crippen LogP contribution in [0.15, 0.2) is 34.7 Å². The highest BCUT2D eigenvalue weighted by molar-refractivity contribution is 5.10. The van der Waals surface area contributed by atoms with Crippen molar-refractivity contribution in [2.75, 3.05) is 26.2 Å². The Balaban J connectivity index is 1.52. The standard InChI is InChI=1S/C19H27N3O/c1-3-18-8-9-19(23-18)15-22-11-5-10-21(12-13-22)14-17-7-4-6-16(2)20-17/h4,6-9H,3,5,10-15H2,1-2H3. The molecule has 3 heterocycles. The van der Waals surface area contributed by atoms with Crippen LogP contribution in [0, 0.1) is 6.92 Å². The summed E-state index contributed by atoms with van der Waals surface area (Å²) in [4.78, 5) is 9.64. The van der Waals surface area contributed by atoms with Crippen molar-refractivity contribution in [1.29, 1.82) is 0 Å².